The van der Waals surface area contributed by atoms with Crippen molar-refractivity contribution in [1.82, 2.24) is 15.5 Å². The highest BCUT2D eigenvalue weighted by Crippen LogP contribution is 2.43. The van der Waals surface area contributed by atoms with Gasteiger partial charge in [-0.1, -0.05) is 20.3 Å². The third kappa shape index (κ3) is 7.08. The van der Waals surface area contributed by atoms with Gasteiger partial charge in [0.25, 0.3) is 0 Å². The van der Waals surface area contributed by atoms with Crippen LogP contribution in [-0.2, 0) is 4.74 Å². The smallest absolute Gasteiger partial charge is 0.191 e. The molecule has 1 saturated carbocycles. The van der Waals surface area contributed by atoms with Crippen molar-refractivity contribution >= 4 is 5.96 Å². The first kappa shape index (κ1) is 20.2. The second-order valence-corrected chi connectivity index (χ2v) is 7.65. The molecule has 136 valence electrons. The highest BCUT2D eigenvalue weighted by Gasteiger charge is 2.36. The Balaban J connectivity index is 2.41. The van der Waals surface area contributed by atoms with Crippen LogP contribution in [0.3, 0.4) is 0 Å². The van der Waals surface area contributed by atoms with E-state index < -0.39 is 0 Å². The van der Waals surface area contributed by atoms with Crippen molar-refractivity contribution in [3.05, 3.63) is 0 Å². The van der Waals surface area contributed by atoms with Crippen LogP contribution in [0, 0.1) is 11.3 Å². The first-order chi connectivity index (χ1) is 10.9. The highest BCUT2D eigenvalue weighted by molar-refractivity contribution is 5.79. The van der Waals surface area contributed by atoms with Crippen LogP contribution in [0.2, 0.25) is 0 Å². The molecule has 0 aromatic rings. The average molecular weight is 327 g/mol. The van der Waals surface area contributed by atoms with E-state index in [0.29, 0.717) is 17.4 Å². The van der Waals surface area contributed by atoms with Crippen LogP contribution >= 0.6 is 0 Å². The molecule has 0 spiro atoms. The van der Waals surface area contributed by atoms with Gasteiger partial charge in [-0.15, -0.1) is 0 Å². The Kier molecular flexibility index (Phi) is 8.92. The van der Waals surface area contributed by atoms with E-state index in [1.807, 2.05) is 7.05 Å². The molecule has 0 aromatic heterocycles. The number of rotatable bonds is 10. The number of hydrogen-bond donors (Lipinski definition) is 2. The molecular formula is C18H38N4O. The molecular weight excluding hydrogens is 288 g/mol. The van der Waals surface area contributed by atoms with Gasteiger partial charge < -0.3 is 20.3 Å². The van der Waals surface area contributed by atoms with Gasteiger partial charge in [-0.2, -0.15) is 0 Å². The second-order valence-electron chi connectivity index (χ2n) is 7.65. The molecule has 0 bridgehead atoms. The summed E-state index contributed by atoms with van der Waals surface area (Å²) in [6.07, 6.45) is 6.27. The predicted molar refractivity (Wildman–Crippen MR) is 99.1 cm³/mol. The number of methoxy groups -OCH3 is 1. The maximum atomic E-state index is 5.27. The molecule has 0 amide bonds. The van der Waals surface area contributed by atoms with Gasteiger partial charge in [0.2, 0.25) is 0 Å². The van der Waals surface area contributed by atoms with Crippen LogP contribution in [0.5, 0.6) is 0 Å². The first-order valence-corrected chi connectivity index (χ1v) is 9.02. The van der Waals surface area contributed by atoms with E-state index in [1.165, 1.54) is 25.7 Å². The van der Waals surface area contributed by atoms with E-state index in [0.717, 1.165) is 32.1 Å². The minimum Gasteiger partial charge on any atom is -0.385 e. The minimum atomic E-state index is 0.409. The van der Waals surface area contributed by atoms with Crippen LogP contribution in [0.4, 0.5) is 0 Å². The number of hydrogen-bond acceptors (Lipinski definition) is 3. The van der Waals surface area contributed by atoms with Gasteiger partial charge in [0.05, 0.1) is 0 Å². The van der Waals surface area contributed by atoms with E-state index >= 15 is 0 Å². The number of guanidine groups is 1. The zero-order valence-corrected chi connectivity index (χ0v) is 16.1. The van der Waals surface area contributed by atoms with Gasteiger partial charge in [0, 0.05) is 39.9 Å². The van der Waals surface area contributed by atoms with Gasteiger partial charge in [-0.3, -0.25) is 4.99 Å². The summed E-state index contributed by atoms with van der Waals surface area (Å²) in [5.41, 5.74) is 0.409. The molecule has 0 aromatic carbocycles. The monoisotopic (exact) mass is 326 g/mol. The van der Waals surface area contributed by atoms with E-state index in [-0.39, 0.29) is 0 Å². The normalized spacial score (nSPS) is 18.9. The van der Waals surface area contributed by atoms with Crippen molar-refractivity contribution in [3.63, 3.8) is 0 Å². The molecule has 1 rings (SSSR count). The van der Waals surface area contributed by atoms with Gasteiger partial charge in [0.15, 0.2) is 5.96 Å². The lowest BCUT2D eigenvalue weighted by molar-refractivity contribution is 0.0732. The molecule has 0 heterocycles. The summed E-state index contributed by atoms with van der Waals surface area (Å²) in [4.78, 5) is 6.68. The summed E-state index contributed by atoms with van der Waals surface area (Å²) in [5.74, 6) is 1.62. The van der Waals surface area contributed by atoms with Crippen LogP contribution in [0.25, 0.3) is 0 Å². The van der Waals surface area contributed by atoms with Crippen molar-refractivity contribution in [2.24, 2.45) is 16.3 Å². The number of nitrogens with zero attached hydrogens (tertiary/aromatic N) is 2. The van der Waals surface area contributed by atoms with Crippen molar-refractivity contribution in [2.45, 2.75) is 52.0 Å². The molecule has 1 fully saturated rings. The van der Waals surface area contributed by atoms with Crippen molar-refractivity contribution in [1.29, 1.82) is 0 Å². The highest BCUT2D eigenvalue weighted by atomic mass is 16.5. The van der Waals surface area contributed by atoms with Crippen molar-refractivity contribution < 1.29 is 4.74 Å². The molecule has 0 radical (unpaired) electrons. The van der Waals surface area contributed by atoms with Gasteiger partial charge in [0.1, 0.15) is 0 Å². The summed E-state index contributed by atoms with van der Waals surface area (Å²) < 4.78 is 5.27. The Labute approximate surface area is 143 Å². The molecule has 0 aliphatic heterocycles. The fourth-order valence-corrected chi connectivity index (χ4v) is 3.24. The zero-order valence-electron chi connectivity index (χ0n) is 16.1. The molecule has 5 nitrogen and oxygen atoms in total. The Bertz CT molecular complexity index is 351. The van der Waals surface area contributed by atoms with E-state index in [9.17, 15) is 0 Å². The van der Waals surface area contributed by atoms with Gasteiger partial charge >= 0.3 is 0 Å². The van der Waals surface area contributed by atoms with E-state index in [1.54, 1.807) is 7.11 Å². The molecule has 5 heteroatoms. The standard InChI is InChI=1S/C18H38N4O/c1-15(2)12-16(22(4)5)13-20-17(19-3)21-14-18(8-7-9-18)10-11-23-6/h15-16H,7-14H2,1-6H3,(H2,19,20,21). The number of aliphatic imine (C=N–C) groups is 1. The van der Waals surface area contributed by atoms with Crippen molar-refractivity contribution in [2.75, 3.05) is 47.9 Å². The molecule has 1 aliphatic carbocycles. The second kappa shape index (κ2) is 10.1. The lowest BCUT2D eigenvalue weighted by Crippen LogP contribution is -2.49. The Morgan fingerprint density at radius 2 is 1.96 bits per heavy atom. The van der Waals surface area contributed by atoms with Crippen LogP contribution in [0.15, 0.2) is 4.99 Å². The number of ether oxygens (including phenoxy) is 1. The van der Waals surface area contributed by atoms with Crippen LogP contribution < -0.4 is 10.6 Å². The number of nitrogens with one attached hydrogen (secondary N) is 2. The summed E-state index contributed by atoms with van der Waals surface area (Å²) in [7, 11) is 7.94. The topological polar surface area (TPSA) is 48.9 Å². The average Bonchev–Trinajstić information content (AvgIpc) is 2.46. The van der Waals surface area contributed by atoms with Crippen molar-refractivity contribution in [3.8, 4) is 0 Å². The summed E-state index contributed by atoms with van der Waals surface area (Å²) in [6, 6.07) is 0.528. The minimum absolute atomic E-state index is 0.409. The Hall–Kier alpha value is -0.810. The third-order valence-electron chi connectivity index (χ3n) is 5.08. The maximum absolute atomic E-state index is 5.27. The zero-order chi connectivity index (χ0) is 17.3. The first-order valence-electron chi connectivity index (χ1n) is 9.02. The Morgan fingerprint density at radius 1 is 1.26 bits per heavy atom. The van der Waals surface area contributed by atoms with Crippen LogP contribution in [0.1, 0.15) is 46.0 Å². The number of likely N-dealkylation sites (N-methyl/N-ethyl adjacent to an activating group) is 1. The lowest BCUT2D eigenvalue weighted by Gasteiger charge is -2.42. The Morgan fingerprint density at radius 3 is 2.39 bits per heavy atom. The van der Waals surface area contributed by atoms with E-state index in [4.69, 9.17) is 4.74 Å². The lowest BCUT2D eigenvalue weighted by atomic mass is 9.67. The summed E-state index contributed by atoms with van der Waals surface area (Å²) in [6.45, 7) is 7.33. The molecule has 1 atom stereocenters. The third-order valence-corrected chi connectivity index (χ3v) is 5.08. The van der Waals surface area contributed by atoms with E-state index in [2.05, 4.69) is 48.5 Å². The molecule has 1 aliphatic rings. The fourth-order valence-electron chi connectivity index (χ4n) is 3.24. The summed E-state index contributed by atoms with van der Waals surface area (Å²) >= 11 is 0. The molecule has 23 heavy (non-hydrogen) atoms. The molecule has 2 N–H and O–H groups in total. The van der Waals surface area contributed by atoms with Gasteiger partial charge in [-0.25, -0.2) is 0 Å². The summed E-state index contributed by atoms with van der Waals surface area (Å²) in [5, 5.41) is 7.03. The predicted octanol–water partition coefficient (Wildman–Crippen LogP) is 2.33. The van der Waals surface area contributed by atoms with Gasteiger partial charge in [-0.05, 0) is 51.1 Å². The quantitative estimate of drug-likeness (QED) is 0.478. The maximum Gasteiger partial charge on any atom is 0.191 e. The SMILES string of the molecule is CN=C(NCC(CC(C)C)N(C)C)NCC1(CCOC)CCC1. The largest absolute Gasteiger partial charge is 0.385 e. The fraction of sp³-hybridized carbons (Fsp3) is 0.944. The molecule has 0 saturated heterocycles. The molecule has 1 unspecified atom stereocenters. The van der Waals surface area contributed by atoms with Crippen LogP contribution in [-0.4, -0.2) is 64.9 Å².